The number of pyridine rings is 2. The molecule has 2 N–H and O–H groups in total. The summed E-state index contributed by atoms with van der Waals surface area (Å²) in [6.07, 6.45) is 8.10. The molecule has 0 aliphatic heterocycles. The molecule has 0 amide bonds. The van der Waals surface area contributed by atoms with E-state index in [1.165, 1.54) is 85.5 Å². The van der Waals surface area contributed by atoms with Gasteiger partial charge in [-0.05, 0) is 76.1 Å². The van der Waals surface area contributed by atoms with E-state index in [4.69, 9.17) is 0 Å². The zero-order chi connectivity index (χ0) is 32.3. The molecule has 0 radical (unpaired) electrons. The number of carboxylic acid groups (broad SMARTS) is 1. The summed E-state index contributed by atoms with van der Waals surface area (Å²) in [5.74, 6) is -1.47. The molecule has 1 aromatic carbocycles. The van der Waals surface area contributed by atoms with Gasteiger partial charge in [0.1, 0.15) is 5.75 Å². The molecule has 4 rings (SSSR count). The first kappa shape index (κ1) is 34.3. The summed E-state index contributed by atoms with van der Waals surface area (Å²) in [6.45, 7) is 10.9. The summed E-state index contributed by atoms with van der Waals surface area (Å²) < 4.78 is 41.9. The van der Waals surface area contributed by atoms with Crippen molar-refractivity contribution in [3.05, 3.63) is 70.8 Å². The maximum Gasteiger partial charge on any atom is 0.573 e. The normalized spacial score (nSPS) is 11.3. The molecule has 0 saturated heterocycles. The molecular weight excluding hydrogens is 571 g/mol. The topological polar surface area (TPSA) is 102 Å². The lowest BCUT2D eigenvalue weighted by molar-refractivity contribution is -0.274. The Hall–Kier alpha value is -4.15. The van der Waals surface area contributed by atoms with E-state index in [9.17, 15) is 23.1 Å². The number of hydrogen-bond donors (Lipinski definition) is 2. The minimum Gasteiger partial charge on any atom is -0.478 e. The maximum absolute atomic E-state index is 12.2. The Morgan fingerprint density at radius 2 is 1.57 bits per heavy atom. The van der Waals surface area contributed by atoms with Crippen LogP contribution in [0, 0.1) is 27.7 Å². The minimum absolute atomic E-state index is 0.0725. The Morgan fingerprint density at radius 1 is 0.932 bits per heavy atom. The highest BCUT2D eigenvalue weighted by atomic mass is 19.4. The van der Waals surface area contributed by atoms with Crippen molar-refractivity contribution in [2.75, 3.05) is 11.9 Å². The van der Waals surface area contributed by atoms with Crippen molar-refractivity contribution in [1.29, 1.82) is 0 Å². The van der Waals surface area contributed by atoms with E-state index in [0.29, 0.717) is 28.1 Å². The van der Waals surface area contributed by atoms with Crippen LogP contribution in [0.15, 0.2) is 42.6 Å². The number of nitrogens with one attached hydrogen (secondary N) is 1. The van der Waals surface area contributed by atoms with E-state index in [1.54, 1.807) is 13.8 Å². The summed E-state index contributed by atoms with van der Waals surface area (Å²) in [5.41, 5.74) is 5.40. The van der Waals surface area contributed by atoms with E-state index in [0.717, 1.165) is 24.4 Å². The molecule has 0 unspecified atom stereocenters. The number of carboxylic acids is 1. The van der Waals surface area contributed by atoms with Gasteiger partial charge in [0.05, 0.1) is 33.7 Å². The lowest BCUT2D eigenvalue weighted by Crippen LogP contribution is -2.17. The number of aromatic nitrogens is 4. The molecule has 0 aliphatic rings. The van der Waals surface area contributed by atoms with Crippen LogP contribution in [-0.2, 0) is 0 Å². The van der Waals surface area contributed by atoms with Crippen LogP contribution in [0.5, 0.6) is 5.75 Å². The number of rotatable bonds is 13. The minimum atomic E-state index is -4.77. The average Bonchev–Trinajstić information content (AvgIpc) is 3.28. The van der Waals surface area contributed by atoms with Gasteiger partial charge < -0.3 is 15.2 Å². The molecule has 0 bridgehead atoms. The van der Waals surface area contributed by atoms with Crippen LogP contribution >= 0.6 is 0 Å². The van der Waals surface area contributed by atoms with Crippen molar-refractivity contribution < 1.29 is 27.8 Å². The summed E-state index contributed by atoms with van der Waals surface area (Å²) in [7, 11) is 0. The molecule has 3 aromatic heterocycles. The molecule has 8 nitrogen and oxygen atoms in total. The van der Waals surface area contributed by atoms with Crippen LogP contribution in [0.4, 0.5) is 18.9 Å². The second-order valence-electron chi connectivity index (χ2n) is 10.8. The number of aryl methyl sites for hydroxylation is 4. The van der Waals surface area contributed by atoms with Gasteiger partial charge in [-0.15, -0.1) is 13.2 Å². The van der Waals surface area contributed by atoms with Gasteiger partial charge in [-0.3, -0.25) is 4.98 Å². The van der Waals surface area contributed by atoms with E-state index in [-0.39, 0.29) is 11.3 Å². The number of anilines is 1. The van der Waals surface area contributed by atoms with Crippen molar-refractivity contribution in [1.82, 2.24) is 19.7 Å². The zero-order valence-corrected chi connectivity index (χ0v) is 26.1. The average molecular weight is 614 g/mol. The fourth-order valence-electron chi connectivity index (χ4n) is 4.99. The predicted octanol–water partition coefficient (Wildman–Crippen LogP) is 8.89. The third-order valence-electron chi connectivity index (χ3n) is 7.17. The van der Waals surface area contributed by atoms with Gasteiger partial charge in [0, 0.05) is 18.4 Å². The number of ether oxygens (including phenoxy) is 1. The van der Waals surface area contributed by atoms with Crippen LogP contribution < -0.4 is 10.1 Å². The predicted molar refractivity (Wildman–Crippen MR) is 167 cm³/mol. The smallest absolute Gasteiger partial charge is 0.478 e. The van der Waals surface area contributed by atoms with Crippen LogP contribution in [0.1, 0.15) is 91.3 Å². The number of benzene rings is 1. The maximum atomic E-state index is 12.2. The Bertz CT molecular complexity index is 1500. The summed E-state index contributed by atoms with van der Waals surface area (Å²) in [4.78, 5) is 20.1. The van der Waals surface area contributed by atoms with Crippen molar-refractivity contribution >= 4 is 22.7 Å². The third-order valence-corrected chi connectivity index (χ3v) is 7.17. The van der Waals surface area contributed by atoms with E-state index in [1.807, 2.05) is 6.20 Å². The number of halogens is 3. The van der Waals surface area contributed by atoms with Crippen LogP contribution in [0.3, 0.4) is 0 Å². The Balaban J connectivity index is 0.000000251. The first-order valence-corrected chi connectivity index (χ1v) is 15.0. The van der Waals surface area contributed by atoms with Gasteiger partial charge >= 0.3 is 12.3 Å². The lowest BCUT2D eigenvalue weighted by Gasteiger charge is -2.11. The third kappa shape index (κ3) is 9.96. The highest BCUT2D eigenvalue weighted by Crippen LogP contribution is 2.27. The first-order chi connectivity index (χ1) is 20.9. The molecule has 0 aliphatic carbocycles. The zero-order valence-electron chi connectivity index (χ0n) is 26.1. The molecular formula is C33H42F3N5O3. The van der Waals surface area contributed by atoms with Gasteiger partial charge in [-0.1, -0.05) is 51.9 Å². The molecule has 0 fully saturated rings. The van der Waals surface area contributed by atoms with Gasteiger partial charge in [-0.25, -0.2) is 14.5 Å². The van der Waals surface area contributed by atoms with Crippen molar-refractivity contribution in [3.8, 4) is 11.4 Å². The Morgan fingerprint density at radius 3 is 2.16 bits per heavy atom. The van der Waals surface area contributed by atoms with Crippen LogP contribution in [0.25, 0.3) is 16.7 Å². The van der Waals surface area contributed by atoms with Crippen LogP contribution in [0.2, 0.25) is 0 Å². The van der Waals surface area contributed by atoms with Gasteiger partial charge in [0.2, 0.25) is 0 Å². The fraction of sp³-hybridized carbons (Fsp3) is 0.455. The van der Waals surface area contributed by atoms with Gasteiger partial charge in [-0.2, -0.15) is 5.10 Å². The highest BCUT2D eigenvalue weighted by Gasteiger charge is 2.31. The number of aromatic carboxylic acids is 1. The Labute approximate surface area is 256 Å². The van der Waals surface area contributed by atoms with Gasteiger partial charge in [0.25, 0.3) is 0 Å². The van der Waals surface area contributed by atoms with Crippen molar-refractivity contribution in [2.45, 2.75) is 92.3 Å². The molecule has 238 valence electrons. The van der Waals surface area contributed by atoms with E-state index >= 15 is 0 Å². The molecule has 0 saturated carbocycles. The molecule has 11 heteroatoms. The SMILES string of the molecule is CCCCCCCCCCNc1c(C)ccnc1C.Cc1cc(C(=O)O)c2c(C)nn(-c3ccc(OC(F)(F)F)cc3)c2n1. The Kier molecular flexibility index (Phi) is 12.5. The lowest BCUT2D eigenvalue weighted by atomic mass is 10.1. The largest absolute Gasteiger partial charge is 0.573 e. The van der Waals surface area contributed by atoms with E-state index < -0.39 is 12.3 Å². The fourth-order valence-corrected chi connectivity index (χ4v) is 4.99. The number of carbonyl (C=O) groups is 1. The summed E-state index contributed by atoms with van der Waals surface area (Å²) in [6, 6.07) is 8.60. The van der Waals surface area contributed by atoms with E-state index in [2.05, 4.69) is 52.0 Å². The number of unbranched alkanes of at least 4 members (excludes halogenated alkanes) is 7. The molecule has 0 atom stereocenters. The number of alkyl halides is 3. The quantitative estimate of drug-likeness (QED) is 0.145. The molecule has 44 heavy (non-hydrogen) atoms. The molecule has 4 aromatic rings. The van der Waals surface area contributed by atoms with Crippen molar-refractivity contribution in [3.63, 3.8) is 0 Å². The number of nitrogens with zero attached hydrogens (tertiary/aromatic N) is 4. The van der Waals surface area contributed by atoms with Crippen molar-refractivity contribution in [2.24, 2.45) is 0 Å². The van der Waals surface area contributed by atoms with Crippen LogP contribution in [-0.4, -0.2) is 43.7 Å². The second-order valence-corrected chi connectivity index (χ2v) is 10.8. The highest BCUT2D eigenvalue weighted by molar-refractivity contribution is 6.03. The second kappa shape index (κ2) is 16.1. The molecule has 3 heterocycles. The van der Waals surface area contributed by atoms with Gasteiger partial charge in [0.15, 0.2) is 5.65 Å². The monoisotopic (exact) mass is 613 g/mol. The number of fused-ring (bicyclic) bond motifs is 1. The molecule has 0 spiro atoms. The standard InChI is InChI=1S/C17H30N2.C16H12F3N3O3/c1-4-5-6-7-8-9-10-11-13-19-17-15(2)12-14-18-16(17)3;1-8-7-12(15(23)24)13-9(2)21-22(14(13)20-8)10-3-5-11(6-4-10)25-16(17,18)19/h12,14,19H,4-11,13H2,1-3H3;3-7H,1-2H3,(H,23,24). The first-order valence-electron chi connectivity index (χ1n) is 15.0. The summed E-state index contributed by atoms with van der Waals surface area (Å²) >= 11 is 0. The number of hydrogen-bond acceptors (Lipinski definition) is 6. The summed E-state index contributed by atoms with van der Waals surface area (Å²) in [5, 5.41) is 17.6.